The largest absolute Gasteiger partial charge is 0.508 e. The molecule has 1 fully saturated rings. The van der Waals surface area contributed by atoms with Crippen molar-refractivity contribution in [1.29, 1.82) is 0 Å². The van der Waals surface area contributed by atoms with Crippen molar-refractivity contribution < 1.29 is 24.2 Å². The Hall–Kier alpha value is -2.77. The summed E-state index contributed by atoms with van der Waals surface area (Å²) in [7, 11) is 0. The molecule has 1 aromatic rings. The van der Waals surface area contributed by atoms with Gasteiger partial charge in [-0.1, -0.05) is 57.7 Å². The third kappa shape index (κ3) is 8.64. The van der Waals surface area contributed by atoms with Crippen LogP contribution in [0.15, 0.2) is 24.3 Å². The highest BCUT2D eigenvalue weighted by molar-refractivity contribution is 5.93. The van der Waals surface area contributed by atoms with Gasteiger partial charge in [-0.25, -0.2) is 4.79 Å². The number of hydrogen-bond acceptors (Lipinski definition) is 5. The summed E-state index contributed by atoms with van der Waals surface area (Å²) in [6.45, 7) is 14.7. The van der Waals surface area contributed by atoms with Gasteiger partial charge in [0.1, 0.15) is 23.4 Å². The minimum Gasteiger partial charge on any atom is -0.508 e. The minimum absolute atomic E-state index is 0.0248. The molecule has 1 saturated carbocycles. The van der Waals surface area contributed by atoms with Gasteiger partial charge >= 0.3 is 6.09 Å². The van der Waals surface area contributed by atoms with Gasteiger partial charge in [-0.2, -0.15) is 0 Å². The average molecular weight is 518 g/mol. The Balaban J connectivity index is 2.54. The fourth-order valence-electron chi connectivity index (χ4n) is 4.76. The number of ether oxygens (including phenoxy) is 1. The molecular weight excluding hydrogens is 470 g/mol. The predicted octanol–water partition coefficient (Wildman–Crippen LogP) is 5.45. The summed E-state index contributed by atoms with van der Waals surface area (Å²) in [5, 5.41) is 16.7. The first-order valence-corrected chi connectivity index (χ1v) is 13.6. The van der Waals surface area contributed by atoms with E-state index in [4.69, 9.17) is 4.74 Å². The predicted molar refractivity (Wildman–Crippen MR) is 145 cm³/mol. The van der Waals surface area contributed by atoms with E-state index in [1.54, 1.807) is 39.0 Å². The highest BCUT2D eigenvalue weighted by Gasteiger charge is 2.44. The van der Waals surface area contributed by atoms with Gasteiger partial charge in [-0.3, -0.25) is 9.59 Å². The van der Waals surface area contributed by atoms with Crippen LogP contribution in [0.1, 0.15) is 106 Å². The van der Waals surface area contributed by atoms with Gasteiger partial charge in [0.25, 0.3) is 0 Å². The SMILES string of the molecule is CCC(C)C(NC(=O)OC(C)(C)C)C(=O)N(C(C(=O)NC1CCCCC1)c1ccccc1O)C(C)(C)C. The molecule has 8 heteroatoms. The molecule has 37 heavy (non-hydrogen) atoms. The molecular formula is C29H47N3O5. The van der Waals surface area contributed by atoms with Gasteiger partial charge in [0.15, 0.2) is 0 Å². The molecule has 0 aromatic heterocycles. The van der Waals surface area contributed by atoms with E-state index in [1.165, 1.54) is 11.0 Å². The van der Waals surface area contributed by atoms with Crippen molar-refractivity contribution in [3.63, 3.8) is 0 Å². The number of alkyl carbamates (subject to hydrolysis) is 1. The Morgan fingerprint density at radius 2 is 1.65 bits per heavy atom. The topological polar surface area (TPSA) is 108 Å². The Morgan fingerprint density at radius 3 is 2.16 bits per heavy atom. The zero-order valence-electron chi connectivity index (χ0n) is 23.9. The molecule has 208 valence electrons. The molecule has 0 bridgehead atoms. The van der Waals surface area contributed by atoms with E-state index in [0.717, 1.165) is 32.1 Å². The summed E-state index contributed by atoms with van der Waals surface area (Å²) >= 11 is 0. The summed E-state index contributed by atoms with van der Waals surface area (Å²) in [6.07, 6.45) is 4.95. The fraction of sp³-hybridized carbons (Fsp3) is 0.690. The van der Waals surface area contributed by atoms with Crippen molar-refractivity contribution in [3.05, 3.63) is 29.8 Å². The molecule has 0 saturated heterocycles. The fourth-order valence-corrected chi connectivity index (χ4v) is 4.76. The molecule has 1 aromatic carbocycles. The first-order chi connectivity index (χ1) is 17.2. The molecule has 1 aliphatic rings. The first-order valence-electron chi connectivity index (χ1n) is 13.6. The number of benzene rings is 1. The lowest BCUT2D eigenvalue weighted by Crippen LogP contribution is -2.60. The van der Waals surface area contributed by atoms with Gasteiger partial charge in [0.05, 0.1) is 0 Å². The third-order valence-electron chi connectivity index (χ3n) is 6.80. The average Bonchev–Trinajstić information content (AvgIpc) is 2.79. The van der Waals surface area contributed by atoms with Crippen LogP contribution in [0.25, 0.3) is 0 Å². The standard InChI is InChI=1S/C29H47N3O5/c1-9-19(2)23(31-27(36)37-29(6,7)8)26(35)32(28(3,4)5)24(21-17-13-14-18-22(21)33)25(34)30-20-15-11-10-12-16-20/h13-14,17-20,23-24,33H,9-12,15-16H2,1-8H3,(H,30,34)(H,31,36). The molecule has 0 spiro atoms. The summed E-state index contributed by atoms with van der Waals surface area (Å²) in [5.74, 6) is -1.03. The monoisotopic (exact) mass is 517 g/mol. The maximum atomic E-state index is 14.3. The second kappa shape index (κ2) is 12.7. The summed E-state index contributed by atoms with van der Waals surface area (Å²) < 4.78 is 5.45. The Kier molecular flexibility index (Phi) is 10.4. The van der Waals surface area contributed by atoms with Gasteiger partial charge in [-0.05, 0) is 66.4 Å². The van der Waals surface area contributed by atoms with E-state index >= 15 is 0 Å². The molecule has 0 aliphatic heterocycles. The summed E-state index contributed by atoms with van der Waals surface area (Å²) in [4.78, 5) is 42.5. The number of amides is 3. The molecule has 3 unspecified atom stereocenters. The van der Waals surface area contributed by atoms with Crippen LogP contribution in [0.4, 0.5) is 4.79 Å². The Morgan fingerprint density at radius 1 is 1.05 bits per heavy atom. The molecule has 1 aliphatic carbocycles. The van der Waals surface area contributed by atoms with Gasteiger partial charge < -0.3 is 25.4 Å². The van der Waals surface area contributed by atoms with Gasteiger partial charge in [0, 0.05) is 17.1 Å². The van der Waals surface area contributed by atoms with Crippen molar-refractivity contribution in [2.75, 3.05) is 0 Å². The zero-order chi connectivity index (χ0) is 28.0. The van der Waals surface area contributed by atoms with Crippen molar-refractivity contribution in [3.8, 4) is 5.75 Å². The van der Waals surface area contributed by atoms with Crippen LogP contribution in [-0.2, 0) is 14.3 Å². The summed E-state index contributed by atoms with van der Waals surface area (Å²) in [6, 6.07) is 4.64. The second-order valence-electron chi connectivity index (χ2n) is 12.2. The van der Waals surface area contributed by atoms with E-state index in [0.29, 0.717) is 12.0 Å². The van der Waals surface area contributed by atoms with Crippen LogP contribution >= 0.6 is 0 Å². The van der Waals surface area contributed by atoms with Crippen LogP contribution in [0.2, 0.25) is 0 Å². The molecule has 0 heterocycles. The zero-order valence-corrected chi connectivity index (χ0v) is 23.9. The number of aromatic hydroxyl groups is 1. The Bertz CT molecular complexity index is 928. The number of carbonyl (C=O) groups is 3. The van der Waals surface area contributed by atoms with E-state index in [1.807, 2.05) is 34.6 Å². The minimum atomic E-state index is -1.08. The molecule has 3 N–H and O–H groups in total. The van der Waals surface area contributed by atoms with Crippen molar-refractivity contribution >= 4 is 17.9 Å². The van der Waals surface area contributed by atoms with Crippen LogP contribution < -0.4 is 10.6 Å². The van der Waals surface area contributed by atoms with Crippen molar-refractivity contribution in [2.45, 2.75) is 123 Å². The quantitative estimate of drug-likeness (QED) is 0.425. The van der Waals surface area contributed by atoms with E-state index in [-0.39, 0.29) is 23.6 Å². The molecule has 3 amide bonds. The van der Waals surface area contributed by atoms with E-state index in [9.17, 15) is 19.5 Å². The second-order valence-corrected chi connectivity index (χ2v) is 12.2. The lowest BCUT2D eigenvalue weighted by molar-refractivity contribution is -0.149. The highest BCUT2D eigenvalue weighted by atomic mass is 16.6. The lowest BCUT2D eigenvalue weighted by Gasteiger charge is -2.44. The smallest absolute Gasteiger partial charge is 0.408 e. The van der Waals surface area contributed by atoms with Crippen LogP contribution in [0.5, 0.6) is 5.75 Å². The molecule has 3 atom stereocenters. The number of hydrogen-bond donors (Lipinski definition) is 3. The highest BCUT2D eigenvalue weighted by Crippen LogP contribution is 2.35. The molecule has 0 radical (unpaired) electrons. The van der Waals surface area contributed by atoms with Gasteiger partial charge in [-0.15, -0.1) is 0 Å². The van der Waals surface area contributed by atoms with E-state index in [2.05, 4.69) is 10.6 Å². The normalized spacial score (nSPS) is 17.3. The molecule has 2 rings (SSSR count). The summed E-state index contributed by atoms with van der Waals surface area (Å²) in [5.41, 5.74) is -1.19. The number of rotatable bonds is 8. The lowest BCUT2D eigenvalue weighted by atomic mass is 9.90. The number of phenolic OH excluding ortho intramolecular Hbond substituents is 1. The molecule has 8 nitrogen and oxygen atoms in total. The van der Waals surface area contributed by atoms with Crippen LogP contribution in [0, 0.1) is 5.92 Å². The van der Waals surface area contributed by atoms with Crippen LogP contribution in [-0.4, -0.2) is 51.1 Å². The number of para-hydroxylation sites is 1. The van der Waals surface area contributed by atoms with Gasteiger partial charge in [0.2, 0.25) is 11.8 Å². The number of carbonyl (C=O) groups excluding carboxylic acids is 3. The van der Waals surface area contributed by atoms with Crippen LogP contribution in [0.3, 0.4) is 0 Å². The van der Waals surface area contributed by atoms with Crippen molar-refractivity contribution in [2.24, 2.45) is 5.92 Å². The maximum absolute atomic E-state index is 14.3. The van der Waals surface area contributed by atoms with Crippen molar-refractivity contribution in [1.82, 2.24) is 15.5 Å². The van der Waals surface area contributed by atoms with E-state index < -0.39 is 35.2 Å². The Labute approximate surface area is 222 Å². The maximum Gasteiger partial charge on any atom is 0.408 e. The third-order valence-corrected chi connectivity index (χ3v) is 6.80. The number of phenols is 1. The number of nitrogens with zero attached hydrogens (tertiary/aromatic N) is 1. The first kappa shape index (κ1) is 30.5. The number of nitrogens with one attached hydrogen (secondary N) is 2.